The molecule has 18 heavy (non-hydrogen) atoms. The second-order valence-corrected chi connectivity index (χ2v) is 7.04. The molecule has 3 rings (SSSR count). The highest BCUT2D eigenvalue weighted by Crippen LogP contribution is 2.49. The van der Waals surface area contributed by atoms with Gasteiger partial charge in [0, 0.05) is 26.9 Å². The number of hydrogen-bond acceptors (Lipinski definition) is 3. The van der Waals surface area contributed by atoms with E-state index in [2.05, 4.69) is 35.0 Å². The fourth-order valence-corrected chi connectivity index (χ4v) is 3.77. The molecular weight excluding hydrogens is 308 g/mol. The molecule has 0 saturated heterocycles. The molecule has 0 atom stereocenters. The summed E-state index contributed by atoms with van der Waals surface area (Å²) in [6, 6.07) is 8.31. The van der Waals surface area contributed by atoms with E-state index in [1.165, 1.54) is 28.3 Å². The van der Waals surface area contributed by atoms with Crippen LogP contribution in [0.3, 0.4) is 0 Å². The predicted molar refractivity (Wildman–Crippen MR) is 80.0 cm³/mol. The van der Waals surface area contributed by atoms with Crippen LogP contribution in [-0.2, 0) is 5.41 Å². The maximum atomic E-state index is 5.88. The summed E-state index contributed by atoms with van der Waals surface area (Å²) < 4.78 is 1.09. The van der Waals surface area contributed by atoms with Crippen LogP contribution < -0.4 is 5.73 Å². The standard InChI is InChI=1S/C14H15BrN2S/c1-9-12(10-3-2-4-11(15)7-10)17-13(18-9)14(8-16)5-6-14/h2-4,7H,5-6,8,16H2,1H3. The van der Waals surface area contributed by atoms with Gasteiger partial charge in [-0.3, -0.25) is 0 Å². The molecule has 1 aliphatic carbocycles. The summed E-state index contributed by atoms with van der Waals surface area (Å²) in [5.74, 6) is 0. The zero-order valence-electron chi connectivity index (χ0n) is 10.2. The van der Waals surface area contributed by atoms with E-state index in [1.54, 1.807) is 11.3 Å². The number of rotatable bonds is 3. The van der Waals surface area contributed by atoms with E-state index in [-0.39, 0.29) is 5.41 Å². The van der Waals surface area contributed by atoms with E-state index < -0.39 is 0 Å². The highest BCUT2D eigenvalue weighted by Gasteiger charge is 2.45. The van der Waals surface area contributed by atoms with Crippen molar-refractivity contribution in [2.45, 2.75) is 25.2 Å². The molecule has 2 nitrogen and oxygen atoms in total. The third-order valence-electron chi connectivity index (χ3n) is 3.59. The van der Waals surface area contributed by atoms with Crippen LogP contribution in [-0.4, -0.2) is 11.5 Å². The maximum absolute atomic E-state index is 5.88. The lowest BCUT2D eigenvalue weighted by molar-refractivity contribution is 0.698. The second-order valence-electron chi connectivity index (χ2n) is 4.92. The van der Waals surface area contributed by atoms with Gasteiger partial charge in [-0.2, -0.15) is 0 Å². The summed E-state index contributed by atoms with van der Waals surface area (Å²) in [6.45, 7) is 2.86. The van der Waals surface area contributed by atoms with Crippen LogP contribution in [0.15, 0.2) is 28.7 Å². The number of thiazole rings is 1. The smallest absolute Gasteiger partial charge is 0.101 e. The van der Waals surface area contributed by atoms with Crippen LogP contribution in [0.4, 0.5) is 0 Å². The molecule has 94 valence electrons. The first-order valence-electron chi connectivity index (χ1n) is 6.08. The summed E-state index contributed by atoms with van der Waals surface area (Å²) in [5.41, 5.74) is 8.36. The molecule has 1 heterocycles. The van der Waals surface area contributed by atoms with Crippen LogP contribution in [0.1, 0.15) is 22.7 Å². The number of nitrogens with zero attached hydrogens (tertiary/aromatic N) is 1. The van der Waals surface area contributed by atoms with Crippen molar-refractivity contribution in [2.24, 2.45) is 5.73 Å². The largest absolute Gasteiger partial charge is 0.329 e. The number of hydrogen-bond donors (Lipinski definition) is 1. The minimum absolute atomic E-state index is 0.194. The highest BCUT2D eigenvalue weighted by atomic mass is 79.9. The molecule has 0 aliphatic heterocycles. The van der Waals surface area contributed by atoms with E-state index in [0.29, 0.717) is 0 Å². The minimum atomic E-state index is 0.194. The summed E-state index contributed by atoms with van der Waals surface area (Å²) in [5, 5.41) is 1.22. The van der Waals surface area contributed by atoms with Gasteiger partial charge >= 0.3 is 0 Å². The van der Waals surface area contributed by atoms with Gasteiger partial charge in [0.2, 0.25) is 0 Å². The minimum Gasteiger partial charge on any atom is -0.329 e. The van der Waals surface area contributed by atoms with Crippen molar-refractivity contribution in [3.8, 4) is 11.3 Å². The molecular formula is C14H15BrN2S. The Morgan fingerprint density at radius 2 is 2.22 bits per heavy atom. The van der Waals surface area contributed by atoms with Crippen molar-refractivity contribution in [1.82, 2.24) is 4.98 Å². The summed E-state index contributed by atoms with van der Waals surface area (Å²) >= 11 is 5.31. The van der Waals surface area contributed by atoms with Crippen molar-refractivity contribution in [2.75, 3.05) is 6.54 Å². The van der Waals surface area contributed by atoms with Gasteiger partial charge in [-0.15, -0.1) is 11.3 Å². The molecule has 1 aliphatic rings. The van der Waals surface area contributed by atoms with E-state index in [9.17, 15) is 0 Å². The van der Waals surface area contributed by atoms with Crippen LogP contribution in [0.5, 0.6) is 0 Å². The molecule has 0 unspecified atom stereocenters. The average Bonchev–Trinajstić information content (AvgIpc) is 3.07. The zero-order valence-corrected chi connectivity index (χ0v) is 12.6. The predicted octanol–water partition coefficient (Wildman–Crippen LogP) is 3.87. The summed E-state index contributed by atoms with van der Waals surface area (Å²) in [7, 11) is 0. The maximum Gasteiger partial charge on any atom is 0.101 e. The molecule has 1 aromatic heterocycles. The van der Waals surface area contributed by atoms with Gasteiger partial charge < -0.3 is 5.73 Å². The Hall–Kier alpha value is -0.710. The van der Waals surface area contributed by atoms with E-state index in [0.717, 1.165) is 16.7 Å². The Bertz CT molecular complexity index is 587. The fraction of sp³-hybridized carbons (Fsp3) is 0.357. The molecule has 4 heteroatoms. The molecule has 2 aromatic rings. The van der Waals surface area contributed by atoms with Gasteiger partial charge in [-0.05, 0) is 31.9 Å². The lowest BCUT2D eigenvalue weighted by Gasteiger charge is -2.06. The first-order valence-corrected chi connectivity index (χ1v) is 7.69. The van der Waals surface area contributed by atoms with Gasteiger partial charge in [0.1, 0.15) is 5.01 Å². The van der Waals surface area contributed by atoms with Gasteiger partial charge in [-0.1, -0.05) is 28.1 Å². The third-order valence-corrected chi connectivity index (χ3v) is 5.30. The molecule has 0 radical (unpaired) electrons. The Balaban J connectivity index is 2.03. The molecule has 2 N–H and O–H groups in total. The first kappa shape index (κ1) is 12.3. The number of aromatic nitrogens is 1. The lowest BCUT2D eigenvalue weighted by Crippen LogP contribution is -2.19. The Morgan fingerprint density at radius 3 is 2.83 bits per heavy atom. The SMILES string of the molecule is Cc1sc(C2(CN)CC2)nc1-c1cccc(Br)c1. The molecule has 1 fully saturated rings. The van der Waals surface area contributed by atoms with Crippen molar-refractivity contribution in [1.29, 1.82) is 0 Å². The normalized spacial score (nSPS) is 16.8. The molecule has 1 saturated carbocycles. The zero-order chi connectivity index (χ0) is 12.8. The fourth-order valence-electron chi connectivity index (χ4n) is 2.18. The first-order chi connectivity index (χ1) is 8.64. The van der Waals surface area contributed by atoms with Gasteiger partial charge in [-0.25, -0.2) is 4.98 Å². The average molecular weight is 323 g/mol. The van der Waals surface area contributed by atoms with Gasteiger partial charge in [0.15, 0.2) is 0 Å². The number of benzene rings is 1. The molecule has 0 amide bonds. The monoisotopic (exact) mass is 322 g/mol. The number of halogens is 1. The molecule has 0 bridgehead atoms. The third kappa shape index (κ3) is 2.02. The van der Waals surface area contributed by atoms with Crippen LogP contribution in [0.25, 0.3) is 11.3 Å². The Kier molecular flexibility index (Phi) is 3.04. The second kappa shape index (κ2) is 4.44. The summed E-state index contributed by atoms with van der Waals surface area (Å²) in [4.78, 5) is 6.12. The van der Waals surface area contributed by atoms with E-state index in [1.807, 2.05) is 12.1 Å². The highest BCUT2D eigenvalue weighted by molar-refractivity contribution is 9.10. The molecule has 1 aromatic carbocycles. The van der Waals surface area contributed by atoms with Crippen molar-refractivity contribution in [3.63, 3.8) is 0 Å². The molecule has 0 spiro atoms. The van der Waals surface area contributed by atoms with Gasteiger partial charge in [0.25, 0.3) is 0 Å². The van der Waals surface area contributed by atoms with Crippen molar-refractivity contribution < 1.29 is 0 Å². The van der Waals surface area contributed by atoms with E-state index >= 15 is 0 Å². The Morgan fingerprint density at radius 1 is 1.44 bits per heavy atom. The van der Waals surface area contributed by atoms with Crippen molar-refractivity contribution in [3.05, 3.63) is 38.6 Å². The van der Waals surface area contributed by atoms with Crippen molar-refractivity contribution >= 4 is 27.3 Å². The number of nitrogens with two attached hydrogens (primary N) is 1. The number of aryl methyl sites for hydroxylation is 1. The van der Waals surface area contributed by atoms with Crippen LogP contribution >= 0.6 is 27.3 Å². The lowest BCUT2D eigenvalue weighted by atomic mass is 10.1. The van der Waals surface area contributed by atoms with E-state index in [4.69, 9.17) is 10.7 Å². The summed E-state index contributed by atoms with van der Waals surface area (Å²) in [6.07, 6.45) is 2.38. The van der Waals surface area contributed by atoms with Crippen LogP contribution in [0.2, 0.25) is 0 Å². The van der Waals surface area contributed by atoms with Crippen LogP contribution in [0, 0.1) is 6.92 Å². The Labute approximate surface area is 119 Å². The van der Waals surface area contributed by atoms with Gasteiger partial charge in [0.05, 0.1) is 5.69 Å². The quantitative estimate of drug-likeness (QED) is 0.931. The topological polar surface area (TPSA) is 38.9 Å².